The quantitative estimate of drug-likeness (QED) is 0.686. The highest BCUT2D eigenvalue weighted by molar-refractivity contribution is 5.41. The van der Waals surface area contributed by atoms with Gasteiger partial charge in [-0.2, -0.15) is 0 Å². The highest BCUT2D eigenvalue weighted by Gasteiger charge is 2.52. The van der Waals surface area contributed by atoms with Crippen LogP contribution < -0.4 is 9.47 Å². The van der Waals surface area contributed by atoms with E-state index in [4.69, 9.17) is 9.47 Å². The Morgan fingerprint density at radius 1 is 1.04 bits per heavy atom. The van der Waals surface area contributed by atoms with Gasteiger partial charge >= 0.3 is 0 Å². The van der Waals surface area contributed by atoms with Crippen molar-refractivity contribution in [1.82, 2.24) is 0 Å². The van der Waals surface area contributed by atoms with Gasteiger partial charge in [0.1, 0.15) is 11.5 Å². The maximum Gasteiger partial charge on any atom is 0.122 e. The van der Waals surface area contributed by atoms with Crippen molar-refractivity contribution in [2.24, 2.45) is 22.7 Å². The molecule has 24 heavy (non-hydrogen) atoms. The van der Waals surface area contributed by atoms with Crippen molar-refractivity contribution in [3.8, 4) is 11.5 Å². The van der Waals surface area contributed by atoms with E-state index in [1.165, 1.54) is 44.1 Å². The molecule has 1 aromatic carbocycles. The molecule has 134 valence electrons. The van der Waals surface area contributed by atoms with Crippen LogP contribution in [0, 0.1) is 22.7 Å². The van der Waals surface area contributed by atoms with Crippen molar-refractivity contribution in [3.05, 3.63) is 23.8 Å². The van der Waals surface area contributed by atoms with Crippen LogP contribution in [0.3, 0.4) is 0 Å². The molecule has 2 nitrogen and oxygen atoms in total. The van der Waals surface area contributed by atoms with E-state index in [1.54, 1.807) is 14.2 Å². The molecule has 0 spiro atoms. The molecule has 2 aliphatic rings. The summed E-state index contributed by atoms with van der Waals surface area (Å²) in [5.74, 6) is 3.51. The van der Waals surface area contributed by atoms with Crippen LogP contribution in [0.15, 0.2) is 18.2 Å². The van der Waals surface area contributed by atoms with E-state index in [1.807, 2.05) is 6.07 Å². The molecule has 0 aliphatic heterocycles. The molecule has 0 aromatic heterocycles. The average molecular weight is 331 g/mol. The van der Waals surface area contributed by atoms with Crippen molar-refractivity contribution >= 4 is 0 Å². The van der Waals surface area contributed by atoms with Crippen LogP contribution in [0.4, 0.5) is 0 Å². The minimum Gasteiger partial charge on any atom is -0.497 e. The lowest BCUT2D eigenvalue weighted by atomic mass is 9.47. The van der Waals surface area contributed by atoms with Gasteiger partial charge in [-0.3, -0.25) is 0 Å². The summed E-state index contributed by atoms with van der Waals surface area (Å²) < 4.78 is 11.1. The monoisotopic (exact) mass is 330 g/mol. The summed E-state index contributed by atoms with van der Waals surface area (Å²) in [7, 11) is 3.53. The second kappa shape index (κ2) is 6.61. The Morgan fingerprint density at radius 3 is 2.54 bits per heavy atom. The first-order valence-corrected chi connectivity index (χ1v) is 9.64. The molecule has 2 heteroatoms. The highest BCUT2D eigenvalue weighted by atomic mass is 16.5. The van der Waals surface area contributed by atoms with E-state index in [2.05, 4.69) is 32.9 Å². The van der Waals surface area contributed by atoms with E-state index in [0.717, 1.165) is 29.8 Å². The van der Waals surface area contributed by atoms with Crippen LogP contribution in [-0.4, -0.2) is 14.2 Å². The van der Waals surface area contributed by atoms with E-state index < -0.39 is 0 Å². The number of fused-ring (bicyclic) bond motifs is 1. The number of hydrogen-bond donors (Lipinski definition) is 0. The van der Waals surface area contributed by atoms with Crippen molar-refractivity contribution in [2.45, 2.75) is 65.7 Å². The number of methoxy groups -OCH3 is 2. The van der Waals surface area contributed by atoms with Crippen LogP contribution in [0.2, 0.25) is 0 Å². The zero-order valence-electron chi connectivity index (χ0n) is 16.2. The molecule has 2 fully saturated rings. The zero-order valence-corrected chi connectivity index (χ0v) is 16.2. The molecule has 4 unspecified atom stereocenters. The largest absolute Gasteiger partial charge is 0.497 e. The summed E-state index contributed by atoms with van der Waals surface area (Å²) in [6, 6.07) is 6.25. The lowest BCUT2D eigenvalue weighted by molar-refractivity contribution is -0.0766. The Balaban J connectivity index is 1.96. The summed E-state index contributed by atoms with van der Waals surface area (Å²) in [6.07, 6.45) is 9.48. The fraction of sp³-hybridized carbons (Fsp3) is 0.727. The lowest BCUT2D eigenvalue weighted by Crippen LogP contribution is -2.50. The van der Waals surface area contributed by atoms with Gasteiger partial charge in [0.2, 0.25) is 0 Å². The molecule has 0 bridgehead atoms. The molecule has 1 aromatic rings. The third-order valence-electron chi connectivity index (χ3n) is 7.46. The lowest BCUT2D eigenvalue weighted by Gasteiger charge is -2.58. The molecule has 0 radical (unpaired) electrons. The molecule has 4 atom stereocenters. The van der Waals surface area contributed by atoms with Crippen LogP contribution in [0.5, 0.6) is 11.5 Å². The van der Waals surface area contributed by atoms with E-state index in [-0.39, 0.29) is 0 Å². The fourth-order valence-corrected chi connectivity index (χ4v) is 5.77. The SMILES string of the molecule is COc1ccc(OC)c(CC2(C)C(C)CCC3(C)CCCCC32)c1. The Morgan fingerprint density at radius 2 is 1.83 bits per heavy atom. The Kier molecular flexibility index (Phi) is 4.86. The van der Waals surface area contributed by atoms with E-state index in [0.29, 0.717) is 10.8 Å². The standard InChI is InChI=1S/C22H34O2/c1-16-11-13-21(2)12-7-6-8-20(21)22(16,3)15-17-14-18(23-4)9-10-19(17)24-5/h9-10,14,16,20H,6-8,11-13,15H2,1-5H3. The van der Waals surface area contributed by atoms with Gasteiger partial charge in [0.15, 0.2) is 0 Å². The van der Waals surface area contributed by atoms with Crippen LogP contribution in [0.25, 0.3) is 0 Å². The molecule has 2 aliphatic carbocycles. The van der Waals surface area contributed by atoms with Crippen LogP contribution in [-0.2, 0) is 6.42 Å². The molecule has 0 N–H and O–H groups in total. The molecular weight excluding hydrogens is 296 g/mol. The Labute approximate surface area is 147 Å². The molecular formula is C22H34O2. The maximum absolute atomic E-state index is 5.67. The van der Waals surface area contributed by atoms with Crippen LogP contribution >= 0.6 is 0 Å². The average Bonchev–Trinajstić information content (AvgIpc) is 2.58. The molecule has 0 heterocycles. The predicted octanol–water partition coefficient (Wildman–Crippen LogP) is 5.88. The molecule has 2 saturated carbocycles. The van der Waals surface area contributed by atoms with Gasteiger partial charge in [-0.25, -0.2) is 0 Å². The summed E-state index contributed by atoms with van der Waals surface area (Å²) in [6.45, 7) is 7.58. The summed E-state index contributed by atoms with van der Waals surface area (Å²) in [5, 5.41) is 0. The number of rotatable bonds is 4. The first kappa shape index (κ1) is 17.6. The second-order valence-corrected chi connectivity index (χ2v) is 8.75. The fourth-order valence-electron chi connectivity index (χ4n) is 5.77. The minimum atomic E-state index is 0.340. The van der Waals surface area contributed by atoms with Crippen molar-refractivity contribution in [2.75, 3.05) is 14.2 Å². The van der Waals surface area contributed by atoms with Gasteiger partial charge < -0.3 is 9.47 Å². The third kappa shape index (κ3) is 2.93. The summed E-state index contributed by atoms with van der Waals surface area (Å²) >= 11 is 0. The minimum absolute atomic E-state index is 0.340. The molecule has 3 rings (SSSR count). The summed E-state index contributed by atoms with van der Waals surface area (Å²) in [5.41, 5.74) is 2.18. The van der Waals surface area contributed by atoms with Crippen molar-refractivity contribution in [3.63, 3.8) is 0 Å². The number of benzene rings is 1. The molecule has 0 amide bonds. The Bertz CT molecular complexity index is 581. The smallest absolute Gasteiger partial charge is 0.122 e. The van der Waals surface area contributed by atoms with Gasteiger partial charge in [0.25, 0.3) is 0 Å². The van der Waals surface area contributed by atoms with Crippen molar-refractivity contribution in [1.29, 1.82) is 0 Å². The second-order valence-electron chi connectivity index (χ2n) is 8.75. The maximum atomic E-state index is 5.67. The number of hydrogen-bond acceptors (Lipinski definition) is 2. The zero-order chi connectivity index (χ0) is 17.4. The Hall–Kier alpha value is -1.18. The summed E-state index contributed by atoms with van der Waals surface area (Å²) in [4.78, 5) is 0. The van der Waals surface area contributed by atoms with Gasteiger partial charge in [0, 0.05) is 0 Å². The first-order valence-electron chi connectivity index (χ1n) is 9.64. The van der Waals surface area contributed by atoms with Crippen LogP contribution in [0.1, 0.15) is 64.9 Å². The van der Waals surface area contributed by atoms with Gasteiger partial charge in [-0.1, -0.05) is 33.6 Å². The predicted molar refractivity (Wildman–Crippen MR) is 99.8 cm³/mol. The van der Waals surface area contributed by atoms with Crippen molar-refractivity contribution < 1.29 is 9.47 Å². The third-order valence-corrected chi connectivity index (χ3v) is 7.46. The first-order chi connectivity index (χ1) is 11.4. The number of ether oxygens (including phenoxy) is 2. The van der Waals surface area contributed by atoms with Gasteiger partial charge in [-0.15, -0.1) is 0 Å². The topological polar surface area (TPSA) is 18.5 Å². The van der Waals surface area contributed by atoms with Gasteiger partial charge in [-0.05, 0) is 78.5 Å². The molecule has 0 saturated heterocycles. The van der Waals surface area contributed by atoms with E-state index >= 15 is 0 Å². The van der Waals surface area contributed by atoms with E-state index in [9.17, 15) is 0 Å². The van der Waals surface area contributed by atoms with Gasteiger partial charge in [0.05, 0.1) is 14.2 Å². The normalized spacial score (nSPS) is 36.0. The highest BCUT2D eigenvalue weighted by Crippen LogP contribution is 2.61.